The maximum Gasteiger partial charge on any atom is 0.229 e. The molecule has 8 nitrogen and oxygen atoms in total. The molecule has 30 heavy (non-hydrogen) atoms. The predicted octanol–water partition coefficient (Wildman–Crippen LogP) is 2.36. The molecule has 1 aliphatic heterocycles. The normalized spacial score (nSPS) is 16.3. The van der Waals surface area contributed by atoms with Crippen LogP contribution in [-0.4, -0.2) is 53.4 Å². The van der Waals surface area contributed by atoms with Crippen molar-refractivity contribution in [3.63, 3.8) is 0 Å². The minimum Gasteiger partial charge on any atom is -0.457 e. The Kier molecular flexibility index (Phi) is 7.02. The molecule has 0 saturated carbocycles. The van der Waals surface area contributed by atoms with Gasteiger partial charge < -0.3 is 4.74 Å². The van der Waals surface area contributed by atoms with Gasteiger partial charge in [0.2, 0.25) is 20.0 Å². The van der Waals surface area contributed by atoms with Crippen molar-refractivity contribution in [2.24, 2.45) is 0 Å². The van der Waals surface area contributed by atoms with Gasteiger partial charge >= 0.3 is 0 Å². The number of benzene rings is 2. The number of anilines is 1. The first-order chi connectivity index (χ1) is 14.1. The topological polar surface area (TPSA) is 105 Å². The van der Waals surface area contributed by atoms with Crippen molar-refractivity contribution in [1.29, 1.82) is 0 Å². The van der Waals surface area contributed by atoms with Gasteiger partial charge in [0.1, 0.15) is 11.5 Å². The van der Waals surface area contributed by atoms with Gasteiger partial charge in [0.25, 0.3) is 0 Å². The fourth-order valence-corrected chi connectivity index (χ4v) is 4.78. The number of nitrogens with zero attached hydrogens (tertiary/aromatic N) is 1. The number of likely N-dealkylation sites (tertiary alicyclic amines) is 1. The molecule has 1 saturated heterocycles. The summed E-state index contributed by atoms with van der Waals surface area (Å²) in [4.78, 5) is 2.31. The first-order valence-electron chi connectivity index (χ1n) is 9.60. The molecule has 2 N–H and O–H groups in total. The first-order valence-corrected chi connectivity index (χ1v) is 13.4. The van der Waals surface area contributed by atoms with Crippen LogP contribution in [0.15, 0.2) is 48.5 Å². The Morgan fingerprint density at radius 1 is 0.867 bits per heavy atom. The second-order valence-corrected chi connectivity index (χ2v) is 11.1. The van der Waals surface area contributed by atoms with Crippen LogP contribution in [0.2, 0.25) is 0 Å². The van der Waals surface area contributed by atoms with E-state index >= 15 is 0 Å². The Hall–Kier alpha value is -2.14. The summed E-state index contributed by atoms with van der Waals surface area (Å²) in [5.41, 5.74) is 1.64. The highest BCUT2D eigenvalue weighted by Gasteiger charge is 2.21. The monoisotopic (exact) mass is 453 g/mol. The van der Waals surface area contributed by atoms with Gasteiger partial charge in [-0.25, -0.2) is 21.6 Å². The fourth-order valence-electron chi connectivity index (χ4n) is 3.37. The van der Waals surface area contributed by atoms with Crippen LogP contribution in [0.1, 0.15) is 18.4 Å². The summed E-state index contributed by atoms with van der Waals surface area (Å²) in [6.45, 7) is 2.50. The van der Waals surface area contributed by atoms with Gasteiger partial charge in [-0.3, -0.25) is 9.62 Å². The number of ether oxygens (including phenoxy) is 1. The van der Waals surface area contributed by atoms with Crippen LogP contribution in [0, 0.1) is 0 Å². The molecule has 0 aromatic heterocycles. The molecule has 0 unspecified atom stereocenters. The van der Waals surface area contributed by atoms with Gasteiger partial charge in [-0.1, -0.05) is 12.1 Å². The Balaban J connectivity index is 1.50. The summed E-state index contributed by atoms with van der Waals surface area (Å²) < 4.78 is 56.1. The van der Waals surface area contributed by atoms with Crippen molar-refractivity contribution >= 4 is 25.7 Å². The van der Waals surface area contributed by atoms with Crippen molar-refractivity contribution in [1.82, 2.24) is 9.62 Å². The maximum absolute atomic E-state index is 11.3. The minimum atomic E-state index is -3.30. The summed E-state index contributed by atoms with van der Waals surface area (Å²) in [6.07, 6.45) is 3.91. The van der Waals surface area contributed by atoms with Crippen LogP contribution in [0.5, 0.6) is 11.5 Å². The second kappa shape index (κ2) is 9.34. The Morgan fingerprint density at radius 2 is 1.40 bits per heavy atom. The first kappa shape index (κ1) is 22.5. The molecule has 2 aromatic carbocycles. The largest absolute Gasteiger partial charge is 0.457 e. The third-order valence-electron chi connectivity index (χ3n) is 4.69. The van der Waals surface area contributed by atoms with Crippen LogP contribution in [-0.2, 0) is 26.6 Å². The number of nitrogens with one attached hydrogen (secondary N) is 2. The van der Waals surface area contributed by atoms with Crippen molar-refractivity contribution in [3.8, 4) is 11.5 Å². The van der Waals surface area contributed by atoms with E-state index in [9.17, 15) is 16.8 Å². The summed E-state index contributed by atoms with van der Waals surface area (Å²) >= 11 is 0. The maximum atomic E-state index is 11.3. The zero-order valence-corrected chi connectivity index (χ0v) is 18.7. The molecule has 1 heterocycles. The smallest absolute Gasteiger partial charge is 0.229 e. The average Bonchev–Trinajstić information content (AvgIpc) is 2.64. The number of sulfonamides is 2. The number of rotatable bonds is 8. The molecule has 0 spiro atoms. The second-order valence-electron chi connectivity index (χ2n) is 7.59. The van der Waals surface area contributed by atoms with Crippen molar-refractivity contribution in [3.05, 3.63) is 54.1 Å². The van der Waals surface area contributed by atoms with Crippen LogP contribution in [0.25, 0.3) is 0 Å². The lowest BCUT2D eigenvalue weighted by Gasteiger charge is -2.31. The highest BCUT2D eigenvalue weighted by molar-refractivity contribution is 7.92. The molecule has 1 aliphatic rings. The third-order valence-corrected chi connectivity index (χ3v) is 6.06. The van der Waals surface area contributed by atoms with Gasteiger partial charge in [-0.15, -0.1) is 0 Å². The van der Waals surface area contributed by atoms with Crippen LogP contribution in [0.4, 0.5) is 5.69 Å². The summed E-state index contributed by atoms with van der Waals surface area (Å²) in [7, 11) is -6.46. The van der Waals surface area contributed by atoms with Crippen LogP contribution in [0.3, 0.4) is 0 Å². The molecule has 2 aromatic rings. The lowest BCUT2D eigenvalue weighted by atomic mass is 10.1. The lowest BCUT2D eigenvalue weighted by Crippen LogP contribution is -2.43. The van der Waals surface area contributed by atoms with Gasteiger partial charge in [0, 0.05) is 31.4 Å². The SMILES string of the molecule is CS(=O)(=O)Nc1ccc(Oc2ccc(CN3CCC(NS(C)(=O)=O)CC3)cc2)cc1. The molecular weight excluding hydrogens is 426 g/mol. The molecule has 0 radical (unpaired) electrons. The predicted molar refractivity (Wildman–Crippen MR) is 118 cm³/mol. The summed E-state index contributed by atoms with van der Waals surface area (Å²) in [6, 6.07) is 14.5. The van der Waals surface area contributed by atoms with E-state index in [4.69, 9.17) is 4.74 Å². The Labute approximate surface area is 178 Å². The number of piperidine rings is 1. The number of hydrogen-bond donors (Lipinski definition) is 2. The molecule has 0 amide bonds. The molecular formula is C20H27N3O5S2. The van der Waals surface area contributed by atoms with E-state index in [0.717, 1.165) is 44.3 Å². The van der Waals surface area contributed by atoms with E-state index in [0.29, 0.717) is 17.2 Å². The van der Waals surface area contributed by atoms with E-state index in [1.165, 1.54) is 6.26 Å². The van der Waals surface area contributed by atoms with E-state index in [-0.39, 0.29) is 6.04 Å². The van der Waals surface area contributed by atoms with E-state index < -0.39 is 20.0 Å². The minimum absolute atomic E-state index is 0.0195. The molecule has 1 fully saturated rings. The quantitative estimate of drug-likeness (QED) is 0.636. The highest BCUT2D eigenvalue weighted by atomic mass is 32.2. The van der Waals surface area contributed by atoms with Gasteiger partial charge in [-0.05, 0) is 54.8 Å². The van der Waals surface area contributed by atoms with Gasteiger partial charge in [-0.2, -0.15) is 0 Å². The zero-order valence-electron chi connectivity index (χ0n) is 17.0. The van der Waals surface area contributed by atoms with E-state index in [1.807, 2.05) is 24.3 Å². The standard InChI is InChI=1S/C20H27N3O5S2/c1-29(24,25)21-17-5-9-20(10-6-17)28-19-7-3-16(4-8-19)15-23-13-11-18(12-14-23)22-30(2,26)27/h3-10,18,21-22H,11-15H2,1-2H3. The Bertz CT molecular complexity index is 1040. The Morgan fingerprint density at radius 3 is 1.90 bits per heavy atom. The van der Waals surface area contributed by atoms with Crippen molar-refractivity contribution in [2.75, 3.05) is 30.3 Å². The zero-order chi connectivity index (χ0) is 21.8. The van der Waals surface area contributed by atoms with E-state index in [2.05, 4.69) is 14.3 Å². The van der Waals surface area contributed by atoms with Crippen molar-refractivity contribution in [2.45, 2.75) is 25.4 Å². The number of hydrogen-bond acceptors (Lipinski definition) is 6. The van der Waals surface area contributed by atoms with E-state index in [1.54, 1.807) is 24.3 Å². The molecule has 3 rings (SSSR count). The highest BCUT2D eigenvalue weighted by Crippen LogP contribution is 2.24. The molecule has 0 atom stereocenters. The summed E-state index contributed by atoms with van der Waals surface area (Å²) in [5, 5.41) is 0. The van der Waals surface area contributed by atoms with Gasteiger partial charge in [0.05, 0.1) is 12.5 Å². The molecule has 164 valence electrons. The summed E-state index contributed by atoms with van der Waals surface area (Å²) in [5.74, 6) is 1.31. The molecule has 0 aliphatic carbocycles. The van der Waals surface area contributed by atoms with Crippen molar-refractivity contribution < 1.29 is 21.6 Å². The van der Waals surface area contributed by atoms with Crippen LogP contribution < -0.4 is 14.2 Å². The fraction of sp³-hybridized carbons (Fsp3) is 0.400. The lowest BCUT2D eigenvalue weighted by molar-refractivity contribution is 0.200. The average molecular weight is 454 g/mol. The molecule has 10 heteroatoms. The third kappa shape index (κ3) is 7.60. The molecule has 0 bridgehead atoms. The van der Waals surface area contributed by atoms with Crippen LogP contribution >= 0.6 is 0 Å². The van der Waals surface area contributed by atoms with Gasteiger partial charge in [0.15, 0.2) is 0 Å².